The number of rotatable bonds is 8. The van der Waals surface area contributed by atoms with E-state index in [1.54, 1.807) is 24.3 Å². The Hall–Kier alpha value is -2.08. The summed E-state index contributed by atoms with van der Waals surface area (Å²) in [7, 11) is -3.60. The van der Waals surface area contributed by atoms with Gasteiger partial charge in [0.1, 0.15) is 5.82 Å². The van der Waals surface area contributed by atoms with Crippen LogP contribution in [0.4, 0.5) is 11.5 Å². The molecule has 1 aromatic carbocycles. The van der Waals surface area contributed by atoms with Gasteiger partial charge in [-0.1, -0.05) is 39.3 Å². The zero-order chi connectivity index (χ0) is 17.6. The lowest BCUT2D eigenvalue weighted by Crippen LogP contribution is -2.13. The maximum absolute atomic E-state index is 12.4. The van der Waals surface area contributed by atoms with Crippen LogP contribution in [-0.4, -0.2) is 19.9 Å². The zero-order valence-electron chi connectivity index (χ0n) is 14.4. The first kappa shape index (κ1) is 18.3. The molecule has 130 valence electrons. The third-order valence-electron chi connectivity index (χ3n) is 3.71. The normalized spacial score (nSPS) is 11.5. The van der Waals surface area contributed by atoms with Gasteiger partial charge in [-0.3, -0.25) is 4.72 Å². The molecule has 0 aliphatic heterocycles. The first-order valence-electron chi connectivity index (χ1n) is 8.25. The molecule has 0 spiro atoms. The molecule has 2 N–H and O–H groups in total. The van der Waals surface area contributed by atoms with Crippen molar-refractivity contribution < 1.29 is 8.42 Å². The minimum Gasteiger partial charge on any atom is -0.370 e. The Labute approximate surface area is 144 Å². The number of sulfonamides is 1. The zero-order valence-corrected chi connectivity index (χ0v) is 15.2. The van der Waals surface area contributed by atoms with E-state index in [0.717, 1.165) is 30.8 Å². The summed E-state index contributed by atoms with van der Waals surface area (Å²) in [6.07, 6.45) is 3.71. The van der Waals surface area contributed by atoms with Crippen LogP contribution in [-0.2, 0) is 10.0 Å². The first-order chi connectivity index (χ1) is 11.4. The molecule has 0 aliphatic rings. The number of hydrogen-bond acceptors (Lipinski definition) is 4. The Morgan fingerprint density at radius 3 is 2.33 bits per heavy atom. The predicted molar refractivity (Wildman–Crippen MR) is 99.0 cm³/mol. The maximum atomic E-state index is 12.4. The molecule has 0 atom stereocenters. The van der Waals surface area contributed by atoms with Crippen molar-refractivity contribution in [2.24, 2.45) is 0 Å². The van der Waals surface area contributed by atoms with E-state index < -0.39 is 10.0 Å². The molecule has 0 saturated carbocycles. The molecule has 24 heavy (non-hydrogen) atoms. The van der Waals surface area contributed by atoms with Gasteiger partial charge in [-0.2, -0.15) is 0 Å². The number of benzene rings is 1. The van der Waals surface area contributed by atoms with E-state index in [9.17, 15) is 8.42 Å². The quantitative estimate of drug-likeness (QED) is 0.702. The molecular formula is C18H25N3O2S. The Morgan fingerprint density at radius 1 is 1.08 bits per heavy atom. The fourth-order valence-corrected chi connectivity index (χ4v) is 3.24. The molecule has 0 fully saturated rings. The minimum atomic E-state index is -3.60. The highest BCUT2D eigenvalue weighted by Crippen LogP contribution is 2.20. The van der Waals surface area contributed by atoms with Crippen LogP contribution in [0.2, 0.25) is 0 Å². The monoisotopic (exact) mass is 347 g/mol. The summed E-state index contributed by atoms with van der Waals surface area (Å²) in [5.41, 5.74) is 1.56. The molecule has 0 bridgehead atoms. The fourth-order valence-electron chi connectivity index (χ4n) is 2.20. The van der Waals surface area contributed by atoms with Gasteiger partial charge in [-0.05, 0) is 42.2 Å². The van der Waals surface area contributed by atoms with Crippen molar-refractivity contribution in [3.05, 3.63) is 48.2 Å². The predicted octanol–water partition coefficient (Wildman–Crippen LogP) is 4.22. The number of hydrogen-bond donors (Lipinski definition) is 2. The third kappa shape index (κ3) is 4.96. The Bertz CT molecular complexity index is 739. The molecule has 5 nitrogen and oxygen atoms in total. The minimum absolute atomic E-state index is 0.247. The van der Waals surface area contributed by atoms with Gasteiger partial charge >= 0.3 is 0 Å². The van der Waals surface area contributed by atoms with Crippen molar-refractivity contribution in [1.29, 1.82) is 0 Å². The van der Waals surface area contributed by atoms with Gasteiger partial charge in [0.05, 0.1) is 16.8 Å². The van der Waals surface area contributed by atoms with E-state index in [2.05, 4.69) is 35.8 Å². The molecule has 0 saturated heterocycles. The molecular weight excluding hydrogens is 322 g/mol. The number of unbranched alkanes of at least 4 members (excludes halogenated alkanes) is 1. The summed E-state index contributed by atoms with van der Waals surface area (Å²) < 4.78 is 27.4. The SMILES string of the molecule is CCCCNc1ccc(NS(=O)(=O)c2ccc(C(C)C)cc2)cn1. The lowest BCUT2D eigenvalue weighted by molar-refractivity contribution is 0.601. The van der Waals surface area contributed by atoms with Crippen LogP contribution >= 0.6 is 0 Å². The molecule has 1 aromatic heterocycles. The molecule has 0 radical (unpaired) electrons. The highest BCUT2D eigenvalue weighted by atomic mass is 32.2. The molecule has 0 aliphatic carbocycles. The second-order valence-corrected chi connectivity index (χ2v) is 7.72. The smallest absolute Gasteiger partial charge is 0.261 e. The maximum Gasteiger partial charge on any atom is 0.261 e. The van der Waals surface area contributed by atoms with E-state index in [4.69, 9.17) is 0 Å². The molecule has 2 aromatic rings. The largest absolute Gasteiger partial charge is 0.370 e. The highest BCUT2D eigenvalue weighted by molar-refractivity contribution is 7.92. The molecule has 0 unspecified atom stereocenters. The summed E-state index contributed by atoms with van der Waals surface area (Å²) in [6, 6.07) is 10.4. The molecule has 0 amide bonds. The number of aromatic nitrogens is 1. The van der Waals surface area contributed by atoms with Gasteiger partial charge < -0.3 is 5.32 Å². The van der Waals surface area contributed by atoms with Crippen LogP contribution in [0.5, 0.6) is 0 Å². The topological polar surface area (TPSA) is 71.1 Å². The van der Waals surface area contributed by atoms with Crippen LogP contribution in [0.3, 0.4) is 0 Å². The van der Waals surface area contributed by atoms with Crippen LogP contribution in [0.1, 0.15) is 45.1 Å². The summed E-state index contributed by atoms with van der Waals surface area (Å²) in [5.74, 6) is 1.11. The van der Waals surface area contributed by atoms with Crippen molar-refractivity contribution >= 4 is 21.5 Å². The fraction of sp³-hybridized carbons (Fsp3) is 0.389. The summed E-state index contributed by atoms with van der Waals surface area (Å²) >= 11 is 0. The van der Waals surface area contributed by atoms with Gasteiger partial charge in [0, 0.05) is 6.54 Å². The van der Waals surface area contributed by atoms with Crippen molar-refractivity contribution in [3.63, 3.8) is 0 Å². The molecule has 1 heterocycles. The first-order valence-corrected chi connectivity index (χ1v) is 9.73. The number of nitrogens with zero attached hydrogens (tertiary/aromatic N) is 1. The molecule has 2 rings (SSSR count). The molecule has 6 heteroatoms. The van der Waals surface area contributed by atoms with Crippen LogP contribution in [0.15, 0.2) is 47.5 Å². The summed E-state index contributed by atoms with van der Waals surface area (Å²) in [5, 5.41) is 3.20. The summed E-state index contributed by atoms with van der Waals surface area (Å²) in [6.45, 7) is 7.13. The Morgan fingerprint density at radius 2 is 1.79 bits per heavy atom. The number of nitrogens with one attached hydrogen (secondary N) is 2. The van der Waals surface area contributed by atoms with Gasteiger partial charge in [-0.15, -0.1) is 0 Å². The number of pyridine rings is 1. The Kier molecular flexibility index (Phi) is 6.20. The second kappa shape index (κ2) is 8.15. The lowest BCUT2D eigenvalue weighted by Gasteiger charge is -2.10. The van der Waals surface area contributed by atoms with Crippen LogP contribution in [0, 0.1) is 0 Å². The second-order valence-electron chi connectivity index (χ2n) is 6.04. The van der Waals surface area contributed by atoms with E-state index in [-0.39, 0.29) is 4.90 Å². The highest BCUT2D eigenvalue weighted by Gasteiger charge is 2.14. The third-order valence-corrected chi connectivity index (χ3v) is 5.11. The average Bonchev–Trinajstić information content (AvgIpc) is 2.56. The standard InChI is InChI=1S/C18H25N3O2S/c1-4-5-12-19-18-11-8-16(13-20-18)21-24(22,23)17-9-6-15(7-10-17)14(2)3/h6-11,13-14,21H,4-5,12H2,1-3H3,(H,19,20). The van der Waals surface area contributed by atoms with E-state index in [0.29, 0.717) is 11.6 Å². The van der Waals surface area contributed by atoms with Crippen molar-refractivity contribution in [3.8, 4) is 0 Å². The van der Waals surface area contributed by atoms with E-state index >= 15 is 0 Å². The van der Waals surface area contributed by atoms with Gasteiger partial charge in [0.25, 0.3) is 10.0 Å². The average molecular weight is 347 g/mol. The lowest BCUT2D eigenvalue weighted by atomic mass is 10.0. The van der Waals surface area contributed by atoms with Crippen LogP contribution < -0.4 is 10.0 Å². The summed E-state index contributed by atoms with van der Waals surface area (Å²) in [4.78, 5) is 4.47. The van der Waals surface area contributed by atoms with Crippen molar-refractivity contribution in [2.45, 2.75) is 44.4 Å². The van der Waals surface area contributed by atoms with Crippen molar-refractivity contribution in [2.75, 3.05) is 16.6 Å². The Balaban J connectivity index is 2.05. The van der Waals surface area contributed by atoms with Gasteiger partial charge in [-0.25, -0.2) is 13.4 Å². The van der Waals surface area contributed by atoms with Crippen molar-refractivity contribution in [1.82, 2.24) is 4.98 Å². The van der Waals surface area contributed by atoms with Gasteiger partial charge in [0.2, 0.25) is 0 Å². The number of anilines is 2. The van der Waals surface area contributed by atoms with Gasteiger partial charge in [0.15, 0.2) is 0 Å². The van der Waals surface area contributed by atoms with Crippen LogP contribution in [0.25, 0.3) is 0 Å². The van der Waals surface area contributed by atoms with E-state index in [1.165, 1.54) is 6.20 Å². The van der Waals surface area contributed by atoms with E-state index in [1.807, 2.05) is 12.1 Å².